The van der Waals surface area contributed by atoms with Crippen molar-refractivity contribution in [2.75, 3.05) is 19.6 Å². The fourth-order valence-corrected chi connectivity index (χ4v) is 3.30. The number of carbonyl (C=O) groups is 1. The molecule has 1 fully saturated rings. The van der Waals surface area contributed by atoms with E-state index in [4.69, 9.17) is 0 Å². The summed E-state index contributed by atoms with van der Waals surface area (Å²) < 4.78 is 38.3. The van der Waals surface area contributed by atoms with E-state index in [1.165, 1.54) is 6.07 Å². The predicted molar refractivity (Wildman–Crippen MR) is 94.2 cm³/mol. The smallest absolute Gasteiger partial charge is 0.352 e. The zero-order valence-electron chi connectivity index (χ0n) is 14.3. The van der Waals surface area contributed by atoms with Crippen molar-refractivity contribution < 1.29 is 18.0 Å². The average Bonchev–Trinajstić information content (AvgIpc) is 3.16. The molecule has 1 amide bonds. The topological polar surface area (TPSA) is 41.1 Å². The molecule has 0 radical (unpaired) electrons. The van der Waals surface area contributed by atoms with E-state index in [9.17, 15) is 18.0 Å². The molecular formula is C20H21F3N2O. The lowest BCUT2D eigenvalue weighted by Gasteiger charge is -2.15. The standard InChI is InChI=1S/C20H21F3N2O/c21-20(22,23)16-5-3-4-14(12-16)8-11-25-19(26)18-7-2-1-6-17(18)15-9-10-24-13-15/h1-7,12,15,24H,8-11,13H2,(H,25,26)/t15-/m0/s1. The van der Waals surface area contributed by atoms with Crippen LogP contribution in [0.2, 0.25) is 0 Å². The normalized spacial score (nSPS) is 17.3. The van der Waals surface area contributed by atoms with Crippen LogP contribution in [0.15, 0.2) is 48.5 Å². The first-order chi connectivity index (χ1) is 12.4. The molecule has 0 aromatic heterocycles. The third kappa shape index (κ3) is 4.43. The first-order valence-electron chi connectivity index (χ1n) is 8.69. The molecule has 3 rings (SSSR count). The number of rotatable bonds is 5. The summed E-state index contributed by atoms with van der Waals surface area (Å²) in [7, 11) is 0. The largest absolute Gasteiger partial charge is 0.416 e. The molecule has 26 heavy (non-hydrogen) atoms. The number of amides is 1. The maximum Gasteiger partial charge on any atom is 0.416 e. The van der Waals surface area contributed by atoms with Crippen LogP contribution < -0.4 is 10.6 Å². The van der Waals surface area contributed by atoms with Crippen molar-refractivity contribution in [3.63, 3.8) is 0 Å². The van der Waals surface area contributed by atoms with Gasteiger partial charge in [0, 0.05) is 18.7 Å². The highest BCUT2D eigenvalue weighted by molar-refractivity contribution is 5.95. The fourth-order valence-electron chi connectivity index (χ4n) is 3.30. The molecule has 138 valence electrons. The highest BCUT2D eigenvalue weighted by Gasteiger charge is 2.30. The molecule has 1 aliphatic rings. The van der Waals surface area contributed by atoms with Crippen LogP contribution in [0.5, 0.6) is 0 Å². The van der Waals surface area contributed by atoms with E-state index < -0.39 is 11.7 Å². The lowest BCUT2D eigenvalue weighted by molar-refractivity contribution is -0.137. The monoisotopic (exact) mass is 362 g/mol. The van der Waals surface area contributed by atoms with Gasteiger partial charge in [0.05, 0.1) is 5.56 Å². The highest BCUT2D eigenvalue weighted by atomic mass is 19.4. The van der Waals surface area contributed by atoms with Crippen LogP contribution in [0.1, 0.15) is 39.4 Å². The van der Waals surface area contributed by atoms with Crippen molar-refractivity contribution in [3.05, 3.63) is 70.8 Å². The summed E-state index contributed by atoms with van der Waals surface area (Å²) >= 11 is 0. The highest BCUT2D eigenvalue weighted by Crippen LogP contribution is 2.29. The minimum atomic E-state index is -4.35. The second-order valence-corrected chi connectivity index (χ2v) is 6.48. The second kappa shape index (κ2) is 7.91. The third-order valence-corrected chi connectivity index (χ3v) is 4.66. The van der Waals surface area contributed by atoms with Crippen LogP contribution >= 0.6 is 0 Å². The Labute approximate surface area is 150 Å². The Kier molecular flexibility index (Phi) is 5.61. The van der Waals surface area contributed by atoms with Crippen molar-refractivity contribution >= 4 is 5.91 Å². The minimum absolute atomic E-state index is 0.181. The van der Waals surface area contributed by atoms with Gasteiger partial charge in [-0.2, -0.15) is 13.2 Å². The second-order valence-electron chi connectivity index (χ2n) is 6.48. The van der Waals surface area contributed by atoms with Gasteiger partial charge in [-0.15, -0.1) is 0 Å². The van der Waals surface area contributed by atoms with Crippen LogP contribution in [0.3, 0.4) is 0 Å². The quantitative estimate of drug-likeness (QED) is 0.850. The molecule has 2 N–H and O–H groups in total. The summed E-state index contributed by atoms with van der Waals surface area (Å²) in [6, 6.07) is 12.7. The number of benzene rings is 2. The van der Waals surface area contributed by atoms with E-state index in [-0.39, 0.29) is 12.5 Å². The van der Waals surface area contributed by atoms with Crippen molar-refractivity contribution in [1.29, 1.82) is 0 Å². The molecule has 2 aromatic carbocycles. The van der Waals surface area contributed by atoms with Gasteiger partial charge in [-0.1, -0.05) is 36.4 Å². The number of hydrogen-bond donors (Lipinski definition) is 2. The molecule has 6 heteroatoms. The number of hydrogen-bond acceptors (Lipinski definition) is 2. The average molecular weight is 362 g/mol. The van der Waals surface area contributed by atoms with Gasteiger partial charge >= 0.3 is 6.18 Å². The van der Waals surface area contributed by atoms with Crippen molar-refractivity contribution in [2.24, 2.45) is 0 Å². The Morgan fingerprint density at radius 1 is 1.15 bits per heavy atom. The maximum atomic E-state index is 12.8. The Morgan fingerprint density at radius 3 is 2.69 bits per heavy atom. The molecule has 1 atom stereocenters. The van der Waals surface area contributed by atoms with Crippen molar-refractivity contribution in [3.8, 4) is 0 Å². The van der Waals surface area contributed by atoms with Gasteiger partial charge in [0.15, 0.2) is 0 Å². The van der Waals surface area contributed by atoms with Crippen LogP contribution in [-0.2, 0) is 12.6 Å². The molecule has 1 aliphatic heterocycles. The van der Waals surface area contributed by atoms with Gasteiger partial charge in [0.25, 0.3) is 5.91 Å². The summed E-state index contributed by atoms with van der Waals surface area (Å²) in [6.45, 7) is 2.09. The molecule has 0 bridgehead atoms. The Hall–Kier alpha value is -2.34. The molecule has 0 aliphatic carbocycles. The molecule has 3 nitrogen and oxygen atoms in total. The van der Waals surface area contributed by atoms with E-state index in [0.29, 0.717) is 23.5 Å². The number of nitrogens with one attached hydrogen (secondary N) is 2. The summed E-state index contributed by atoms with van der Waals surface area (Å²) in [6.07, 6.45) is -3.01. The van der Waals surface area contributed by atoms with Crippen LogP contribution in [-0.4, -0.2) is 25.5 Å². The SMILES string of the molecule is O=C(NCCc1cccc(C(F)(F)F)c1)c1ccccc1[C@H]1CCNC1. The molecule has 2 aromatic rings. The Bertz CT molecular complexity index is 768. The maximum absolute atomic E-state index is 12.8. The third-order valence-electron chi connectivity index (χ3n) is 4.66. The van der Waals surface area contributed by atoms with Gasteiger partial charge in [-0.3, -0.25) is 4.79 Å². The fraction of sp³-hybridized carbons (Fsp3) is 0.350. The van der Waals surface area contributed by atoms with Gasteiger partial charge in [0.2, 0.25) is 0 Å². The summed E-state index contributed by atoms with van der Waals surface area (Å²) in [5.74, 6) is 0.139. The summed E-state index contributed by atoms with van der Waals surface area (Å²) in [5.41, 5.74) is 1.55. The van der Waals surface area contributed by atoms with Gasteiger partial charge in [-0.05, 0) is 48.6 Å². The van der Waals surface area contributed by atoms with E-state index in [0.717, 1.165) is 37.2 Å². The zero-order valence-corrected chi connectivity index (χ0v) is 14.3. The van der Waals surface area contributed by atoms with E-state index in [1.54, 1.807) is 12.1 Å². The zero-order chi connectivity index (χ0) is 18.6. The Balaban J connectivity index is 1.62. The Morgan fingerprint density at radius 2 is 1.96 bits per heavy atom. The van der Waals surface area contributed by atoms with E-state index in [1.807, 2.05) is 18.2 Å². The molecule has 0 spiro atoms. The molecule has 0 unspecified atom stereocenters. The summed E-state index contributed by atoms with van der Waals surface area (Å²) in [5, 5.41) is 6.12. The first kappa shape index (κ1) is 18.5. The molecular weight excluding hydrogens is 341 g/mol. The van der Waals surface area contributed by atoms with Crippen LogP contribution in [0.25, 0.3) is 0 Å². The lowest BCUT2D eigenvalue weighted by Crippen LogP contribution is -2.27. The molecule has 0 saturated carbocycles. The van der Waals surface area contributed by atoms with E-state index >= 15 is 0 Å². The summed E-state index contributed by atoms with van der Waals surface area (Å²) in [4.78, 5) is 12.5. The van der Waals surface area contributed by atoms with Crippen LogP contribution in [0.4, 0.5) is 13.2 Å². The van der Waals surface area contributed by atoms with Gasteiger partial charge < -0.3 is 10.6 Å². The van der Waals surface area contributed by atoms with Crippen molar-refractivity contribution in [2.45, 2.75) is 24.9 Å². The minimum Gasteiger partial charge on any atom is -0.352 e. The number of halogens is 3. The number of alkyl halides is 3. The first-order valence-corrected chi connectivity index (χ1v) is 8.69. The lowest BCUT2D eigenvalue weighted by atomic mass is 9.93. The van der Waals surface area contributed by atoms with Crippen LogP contribution in [0, 0.1) is 0 Å². The van der Waals surface area contributed by atoms with Gasteiger partial charge in [0.1, 0.15) is 0 Å². The molecule has 1 saturated heterocycles. The predicted octanol–water partition coefficient (Wildman–Crippen LogP) is 3.75. The van der Waals surface area contributed by atoms with E-state index in [2.05, 4.69) is 10.6 Å². The van der Waals surface area contributed by atoms with Gasteiger partial charge in [-0.25, -0.2) is 0 Å². The number of carbonyl (C=O) groups excluding carboxylic acids is 1. The molecule has 1 heterocycles. The van der Waals surface area contributed by atoms with Crippen molar-refractivity contribution in [1.82, 2.24) is 10.6 Å².